The van der Waals surface area contributed by atoms with Crippen molar-refractivity contribution in [2.45, 2.75) is 25.9 Å². The maximum Gasteiger partial charge on any atom is 0.326 e. The summed E-state index contributed by atoms with van der Waals surface area (Å²) in [6.45, 7) is 1.30. The topological polar surface area (TPSA) is 138 Å². The maximum atomic E-state index is 11.4. The summed E-state index contributed by atoms with van der Waals surface area (Å²) < 4.78 is 4.75. The molecule has 1 rings (SSSR count). The Balaban J connectivity index is 2.38. The third-order valence-corrected chi connectivity index (χ3v) is 1.99. The van der Waals surface area contributed by atoms with Gasteiger partial charge in [0.05, 0.1) is 6.54 Å². The number of carbonyl (C=O) groups is 2. The van der Waals surface area contributed by atoms with Crippen molar-refractivity contribution in [3.8, 4) is 0 Å². The van der Waals surface area contributed by atoms with E-state index in [4.69, 9.17) is 14.7 Å². The average Bonchev–Trinajstić information content (AvgIpc) is 2.72. The van der Waals surface area contributed by atoms with Crippen LogP contribution >= 0.6 is 0 Å². The molecular weight excluding hydrogens is 244 g/mol. The Morgan fingerprint density at radius 2 is 2.22 bits per heavy atom. The molecule has 2 amide bonds. The molecule has 0 aliphatic carbocycles. The number of nitrogens with zero attached hydrogens (tertiary/aromatic N) is 2. The molecule has 1 atom stereocenters. The number of amides is 2. The minimum Gasteiger partial charge on any atom is -0.480 e. The van der Waals surface area contributed by atoms with Crippen molar-refractivity contribution in [3.63, 3.8) is 0 Å². The molecule has 0 saturated heterocycles. The number of aryl methyl sites for hydroxylation is 1. The molecule has 9 heteroatoms. The van der Waals surface area contributed by atoms with E-state index in [1.807, 2.05) is 0 Å². The fourth-order valence-electron chi connectivity index (χ4n) is 1.16. The van der Waals surface area contributed by atoms with Gasteiger partial charge in [-0.05, 0) is 6.92 Å². The van der Waals surface area contributed by atoms with Crippen LogP contribution in [0.15, 0.2) is 4.52 Å². The number of aliphatic hydroxyl groups is 1. The first-order chi connectivity index (χ1) is 8.52. The zero-order valence-electron chi connectivity index (χ0n) is 9.71. The molecule has 0 bridgehead atoms. The van der Waals surface area contributed by atoms with Gasteiger partial charge in [0, 0.05) is 13.0 Å². The van der Waals surface area contributed by atoms with Gasteiger partial charge in [-0.15, -0.1) is 0 Å². The largest absolute Gasteiger partial charge is 0.480 e. The van der Waals surface area contributed by atoms with E-state index < -0.39 is 18.0 Å². The van der Waals surface area contributed by atoms with Crippen molar-refractivity contribution in [3.05, 3.63) is 11.7 Å². The minimum atomic E-state index is -1.21. The summed E-state index contributed by atoms with van der Waals surface area (Å²) in [5.74, 6) is -0.555. The lowest BCUT2D eigenvalue weighted by Gasteiger charge is -2.13. The van der Waals surface area contributed by atoms with Crippen molar-refractivity contribution in [2.24, 2.45) is 0 Å². The highest BCUT2D eigenvalue weighted by molar-refractivity contribution is 5.82. The number of aliphatic carboxylic acids is 1. The number of hydrogen-bond acceptors (Lipinski definition) is 6. The highest BCUT2D eigenvalue weighted by atomic mass is 16.5. The highest BCUT2D eigenvalue weighted by Gasteiger charge is 2.19. The lowest BCUT2D eigenvalue weighted by molar-refractivity contribution is -0.139. The molecule has 0 fully saturated rings. The van der Waals surface area contributed by atoms with Crippen molar-refractivity contribution in [1.82, 2.24) is 20.8 Å². The number of rotatable bonds is 6. The summed E-state index contributed by atoms with van der Waals surface area (Å²) >= 11 is 0. The van der Waals surface area contributed by atoms with E-state index in [0.717, 1.165) is 0 Å². The van der Waals surface area contributed by atoms with Gasteiger partial charge in [-0.1, -0.05) is 5.16 Å². The van der Waals surface area contributed by atoms with Crippen LogP contribution in [0.2, 0.25) is 0 Å². The zero-order chi connectivity index (χ0) is 13.5. The second-order valence-corrected chi connectivity index (χ2v) is 3.47. The van der Waals surface area contributed by atoms with E-state index in [2.05, 4.69) is 20.8 Å². The predicted molar refractivity (Wildman–Crippen MR) is 57.5 cm³/mol. The van der Waals surface area contributed by atoms with Crippen LogP contribution in [-0.2, 0) is 11.3 Å². The van der Waals surface area contributed by atoms with E-state index in [1.54, 1.807) is 6.92 Å². The Morgan fingerprint density at radius 1 is 1.50 bits per heavy atom. The fourth-order valence-corrected chi connectivity index (χ4v) is 1.16. The lowest BCUT2D eigenvalue weighted by atomic mass is 10.2. The number of urea groups is 1. The molecule has 1 heterocycles. The average molecular weight is 258 g/mol. The third-order valence-electron chi connectivity index (χ3n) is 1.99. The Labute approximate surface area is 102 Å². The summed E-state index contributed by atoms with van der Waals surface area (Å²) in [7, 11) is 0. The molecule has 18 heavy (non-hydrogen) atoms. The lowest BCUT2D eigenvalue weighted by Crippen LogP contribution is -2.46. The molecule has 0 radical (unpaired) electrons. The second kappa shape index (κ2) is 6.55. The van der Waals surface area contributed by atoms with Gasteiger partial charge < -0.3 is 25.4 Å². The Kier molecular flexibility index (Phi) is 5.06. The Morgan fingerprint density at radius 3 is 2.72 bits per heavy atom. The van der Waals surface area contributed by atoms with Crippen LogP contribution in [0.4, 0.5) is 4.79 Å². The van der Waals surface area contributed by atoms with Gasteiger partial charge >= 0.3 is 12.0 Å². The van der Waals surface area contributed by atoms with E-state index in [0.29, 0.717) is 5.82 Å². The number of aromatic nitrogens is 2. The molecule has 0 saturated carbocycles. The van der Waals surface area contributed by atoms with Gasteiger partial charge in [0.2, 0.25) is 5.89 Å². The van der Waals surface area contributed by atoms with E-state index >= 15 is 0 Å². The monoisotopic (exact) mass is 258 g/mol. The van der Waals surface area contributed by atoms with Gasteiger partial charge in [-0.3, -0.25) is 0 Å². The molecule has 9 nitrogen and oxygen atoms in total. The second-order valence-electron chi connectivity index (χ2n) is 3.47. The van der Waals surface area contributed by atoms with Crippen LogP contribution < -0.4 is 10.6 Å². The number of hydrogen-bond donors (Lipinski definition) is 4. The van der Waals surface area contributed by atoms with Crippen molar-refractivity contribution in [2.75, 3.05) is 6.61 Å². The highest BCUT2D eigenvalue weighted by Crippen LogP contribution is 1.95. The van der Waals surface area contributed by atoms with Crippen molar-refractivity contribution >= 4 is 12.0 Å². The summed E-state index contributed by atoms with van der Waals surface area (Å²) in [4.78, 5) is 25.9. The fraction of sp³-hybridized carbons (Fsp3) is 0.556. The summed E-state index contributed by atoms with van der Waals surface area (Å²) in [5, 5.41) is 25.5. The predicted octanol–water partition coefficient (Wildman–Crippen LogP) is -0.987. The van der Waals surface area contributed by atoms with Crippen LogP contribution in [0.1, 0.15) is 18.1 Å². The zero-order valence-corrected chi connectivity index (χ0v) is 9.71. The number of carbonyl (C=O) groups excluding carboxylic acids is 1. The molecule has 0 aliphatic heterocycles. The molecular formula is C9H14N4O5. The standard InChI is InChI=1S/C9H14N4O5/c1-5-11-7(18-13-5)4-10-9(17)12-6(2-3-14)8(15)16/h6,14H,2-4H2,1H3,(H,15,16)(H2,10,12,17). The maximum absolute atomic E-state index is 11.4. The normalized spacial score (nSPS) is 11.9. The third kappa shape index (κ3) is 4.37. The summed E-state index contributed by atoms with van der Waals surface area (Å²) in [5.41, 5.74) is 0. The van der Waals surface area contributed by atoms with Gasteiger partial charge in [-0.25, -0.2) is 9.59 Å². The summed E-state index contributed by atoms with van der Waals surface area (Å²) in [6.07, 6.45) is -0.0670. The number of carboxylic acid groups (broad SMARTS) is 1. The SMILES string of the molecule is Cc1noc(CNC(=O)NC(CCO)C(=O)O)n1. The molecule has 0 aliphatic rings. The minimum absolute atomic E-state index is 0.00185. The molecule has 1 aromatic heterocycles. The van der Waals surface area contributed by atoms with Crippen LogP contribution in [0.3, 0.4) is 0 Å². The summed E-state index contributed by atoms with van der Waals surface area (Å²) in [6, 6.07) is -1.83. The van der Waals surface area contributed by atoms with Crippen LogP contribution in [0.5, 0.6) is 0 Å². The first-order valence-electron chi connectivity index (χ1n) is 5.20. The van der Waals surface area contributed by atoms with Crippen molar-refractivity contribution in [1.29, 1.82) is 0 Å². The van der Waals surface area contributed by atoms with E-state index in [1.165, 1.54) is 0 Å². The van der Waals surface area contributed by atoms with Crippen molar-refractivity contribution < 1.29 is 24.3 Å². The number of aliphatic hydroxyl groups excluding tert-OH is 1. The van der Waals surface area contributed by atoms with Crippen LogP contribution in [0.25, 0.3) is 0 Å². The van der Waals surface area contributed by atoms with E-state index in [-0.39, 0.29) is 25.5 Å². The van der Waals surface area contributed by atoms with Gasteiger partial charge in [0.1, 0.15) is 6.04 Å². The quantitative estimate of drug-likeness (QED) is 0.514. The van der Waals surface area contributed by atoms with Crippen LogP contribution in [-0.4, -0.2) is 45.0 Å². The van der Waals surface area contributed by atoms with E-state index in [9.17, 15) is 9.59 Å². The molecule has 1 unspecified atom stereocenters. The van der Waals surface area contributed by atoms with Gasteiger partial charge in [-0.2, -0.15) is 4.98 Å². The molecule has 1 aromatic rings. The molecule has 4 N–H and O–H groups in total. The first-order valence-corrected chi connectivity index (χ1v) is 5.20. The first kappa shape index (κ1) is 13.9. The Bertz CT molecular complexity index is 419. The Hall–Kier alpha value is -2.16. The number of carboxylic acids is 1. The molecule has 0 aromatic carbocycles. The number of nitrogens with one attached hydrogen (secondary N) is 2. The van der Waals surface area contributed by atoms with Gasteiger partial charge in [0.25, 0.3) is 0 Å². The van der Waals surface area contributed by atoms with Gasteiger partial charge in [0.15, 0.2) is 5.82 Å². The molecule has 100 valence electrons. The molecule has 0 spiro atoms. The van der Waals surface area contributed by atoms with Crippen LogP contribution in [0, 0.1) is 6.92 Å². The smallest absolute Gasteiger partial charge is 0.326 e.